The molecule has 0 saturated heterocycles. The molecular formula is C15H17ClN2O4. The van der Waals surface area contributed by atoms with Crippen molar-refractivity contribution in [2.24, 2.45) is 0 Å². The van der Waals surface area contributed by atoms with Crippen LogP contribution in [0.5, 0.6) is 23.1 Å². The molecule has 2 rings (SSSR count). The number of nitrogens with zero attached hydrogens (tertiary/aromatic N) is 2. The van der Waals surface area contributed by atoms with Crippen LogP contribution in [0, 0.1) is 0 Å². The minimum atomic E-state index is 0.144. The van der Waals surface area contributed by atoms with E-state index in [0.29, 0.717) is 29.5 Å². The van der Waals surface area contributed by atoms with Crippen molar-refractivity contribution in [2.45, 2.75) is 6.42 Å². The van der Waals surface area contributed by atoms with Crippen LogP contribution in [0.3, 0.4) is 0 Å². The van der Waals surface area contributed by atoms with Gasteiger partial charge in [0.15, 0.2) is 11.5 Å². The topological polar surface area (TPSA) is 62.7 Å². The molecule has 118 valence electrons. The second-order valence-corrected chi connectivity index (χ2v) is 4.72. The molecule has 0 saturated carbocycles. The Hall–Kier alpha value is -2.21. The van der Waals surface area contributed by atoms with Crippen LogP contribution < -0.4 is 18.9 Å². The number of hydrogen-bond donors (Lipinski definition) is 0. The highest BCUT2D eigenvalue weighted by atomic mass is 35.5. The molecule has 0 unspecified atom stereocenters. The second kappa shape index (κ2) is 7.17. The van der Waals surface area contributed by atoms with Crippen LogP contribution in [0.1, 0.15) is 11.1 Å². The number of methoxy groups -OCH3 is 4. The monoisotopic (exact) mass is 324 g/mol. The summed E-state index contributed by atoms with van der Waals surface area (Å²) < 4.78 is 21.2. The summed E-state index contributed by atoms with van der Waals surface area (Å²) in [5.41, 5.74) is 1.75. The Morgan fingerprint density at radius 3 is 2.09 bits per heavy atom. The normalized spacial score (nSPS) is 10.2. The molecule has 1 aromatic heterocycles. The Balaban J connectivity index is 2.41. The molecule has 0 aliphatic heterocycles. The molecule has 0 spiro atoms. The lowest BCUT2D eigenvalue weighted by molar-refractivity contribution is 0.324. The molecule has 6 nitrogen and oxygen atoms in total. The molecule has 0 N–H and O–H groups in total. The smallest absolute Gasteiger partial charge is 0.225 e. The summed E-state index contributed by atoms with van der Waals surface area (Å²) >= 11 is 5.77. The fourth-order valence-electron chi connectivity index (χ4n) is 2.13. The van der Waals surface area contributed by atoms with Gasteiger partial charge in [-0.3, -0.25) is 0 Å². The van der Waals surface area contributed by atoms with Crippen molar-refractivity contribution >= 4 is 11.6 Å². The van der Waals surface area contributed by atoms with Crippen LogP contribution in [0.15, 0.2) is 18.3 Å². The van der Waals surface area contributed by atoms with E-state index in [4.69, 9.17) is 30.5 Å². The van der Waals surface area contributed by atoms with Gasteiger partial charge < -0.3 is 18.9 Å². The van der Waals surface area contributed by atoms with Gasteiger partial charge in [0.1, 0.15) is 0 Å². The number of halogens is 1. The molecule has 22 heavy (non-hydrogen) atoms. The quantitative estimate of drug-likeness (QED) is 0.761. The SMILES string of the molecule is COc1cc(Cc2cnc(Cl)nc2OC)cc(OC)c1OC. The predicted octanol–water partition coefficient (Wildman–Crippen LogP) is 2.76. The van der Waals surface area contributed by atoms with Crippen molar-refractivity contribution < 1.29 is 18.9 Å². The Kier molecular flexibility index (Phi) is 5.27. The lowest BCUT2D eigenvalue weighted by Gasteiger charge is -2.14. The highest BCUT2D eigenvalue weighted by Gasteiger charge is 2.15. The minimum Gasteiger partial charge on any atom is -0.493 e. The van der Waals surface area contributed by atoms with Crippen molar-refractivity contribution in [1.29, 1.82) is 0 Å². The molecule has 1 heterocycles. The van der Waals surface area contributed by atoms with Gasteiger partial charge in [-0.25, -0.2) is 4.98 Å². The molecule has 0 bridgehead atoms. The number of aromatic nitrogens is 2. The summed E-state index contributed by atoms with van der Waals surface area (Å²) in [6, 6.07) is 3.74. The number of benzene rings is 1. The first-order valence-corrected chi connectivity index (χ1v) is 6.85. The molecule has 7 heteroatoms. The third-order valence-corrected chi connectivity index (χ3v) is 3.29. The maximum atomic E-state index is 5.77. The van der Waals surface area contributed by atoms with Crippen LogP contribution in [-0.2, 0) is 6.42 Å². The summed E-state index contributed by atoms with van der Waals surface area (Å²) in [4.78, 5) is 8.04. The number of hydrogen-bond acceptors (Lipinski definition) is 6. The van der Waals surface area contributed by atoms with Gasteiger partial charge in [-0.1, -0.05) is 0 Å². The number of ether oxygens (including phenoxy) is 4. The third-order valence-electron chi connectivity index (χ3n) is 3.11. The van der Waals surface area contributed by atoms with Gasteiger partial charge in [-0.2, -0.15) is 4.98 Å². The van der Waals surface area contributed by atoms with Gasteiger partial charge in [0.25, 0.3) is 0 Å². The average molecular weight is 325 g/mol. The van der Waals surface area contributed by atoms with Crippen molar-refractivity contribution in [3.8, 4) is 23.1 Å². The van der Waals surface area contributed by atoms with Gasteiger partial charge in [0.05, 0.1) is 28.4 Å². The van der Waals surface area contributed by atoms with E-state index >= 15 is 0 Å². The van der Waals surface area contributed by atoms with Crippen molar-refractivity contribution in [2.75, 3.05) is 28.4 Å². The first kappa shape index (κ1) is 16.2. The van der Waals surface area contributed by atoms with E-state index in [0.717, 1.165) is 11.1 Å². The summed E-state index contributed by atoms with van der Waals surface area (Å²) in [5.74, 6) is 2.17. The van der Waals surface area contributed by atoms with Gasteiger partial charge >= 0.3 is 0 Å². The molecule has 0 atom stereocenters. The van der Waals surface area contributed by atoms with Crippen molar-refractivity contribution in [3.63, 3.8) is 0 Å². The zero-order valence-corrected chi connectivity index (χ0v) is 13.6. The van der Waals surface area contributed by atoms with Gasteiger partial charge in [0, 0.05) is 18.2 Å². The van der Waals surface area contributed by atoms with E-state index in [1.165, 1.54) is 7.11 Å². The van der Waals surface area contributed by atoms with E-state index in [2.05, 4.69) is 9.97 Å². The maximum absolute atomic E-state index is 5.77. The fraction of sp³-hybridized carbons (Fsp3) is 0.333. The lowest BCUT2D eigenvalue weighted by Crippen LogP contribution is -2.01. The van der Waals surface area contributed by atoms with E-state index in [9.17, 15) is 0 Å². The lowest BCUT2D eigenvalue weighted by atomic mass is 10.1. The Labute approximate surface area is 134 Å². The minimum absolute atomic E-state index is 0.144. The summed E-state index contributed by atoms with van der Waals surface area (Å²) in [7, 11) is 6.26. The molecule has 0 fully saturated rings. The first-order valence-electron chi connectivity index (χ1n) is 6.47. The van der Waals surface area contributed by atoms with E-state index in [-0.39, 0.29) is 5.28 Å². The standard InChI is InChI=1S/C15H17ClN2O4/c1-19-11-6-9(7-12(20-2)13(11)21-3)5-10-8-17-15(16)18-14(10)22-4/h6-8H,5H2,1-4H3. The third kappa shape index (κ3) is 3.33. The summed E-state index contributed by atoms with van der Waals surface area (Å²) in [5, 5.41) is 0.144. The molecular weight excluding hydrogens is 308 g/mol. The first-order chi connectivity index (χ1) is 10.6. The second-order valence-electron chi connectivity index (χ2n) is 4.38. The zero-order chi connectivity index (χ0) is 16.1. The largest absolute Gasteiger partial charge is 0.493 e. The predicted molar refractivity (Wildman–Crippen MR) is 82.5 cm³/mol. The Morgan fingerprint density at radius 1 is 0.955 bits per heavy atom. The fourth-order valence-corrected chi connectivity index (χ4v) is 2.25. The Morgan fingerprint density at radius 2 is 1.59 bits per heavy atom. The van der Waals surface area contributed by atoms with E-state index < -0.39 is 0 Å². The van der Waals surface area contributed by atoms with Crippen LogP contribution in [0.25, 0.3) is 0 Å². The van der Waals surface area contributed by atoms with Crippen LogP contribution in [0.4, 0.5) is 0 Å². The molecule has 0 radical (unpaired) electrons. The highest BCUT2D eigenvalue weighted by molar-refractivity contribution is 6.28. The van der Waals surface area contributed by atoms with Gasteiger partial charge in [0.2, 0.25) is 16.9 Å². The molecule has 2 aromatic rings. The summed E-state index contributed by atoms with van der Waals surface area (Å²) in [6.07, 6.45) is 2.18. The van der Waals surface area contributed by atoms with Gasteiger partial charge in [-0.15, -0.1) is 0 Å². The van der Waals surface area contributed by atoms with Crippen molar-refractivity contribution in [3.05, 3.63) is 34.7 Å². The summed E-state index contributed by atoms with van der Waals surface area (Å²) in [6.45, 7) is 0. The maximum Gasteiger partial charge on any atom is 0.225 e. The van der Waals surface area contributed by atoms with Gasteiger partial charge in [-0.05, 0) is 29.3 Å². The van der Waals surface area contributed by atoms with E-state index in [1.54, 1.807) is 27.5 Å². The molecule has 0 aliphatic carbocycles. The van der Waals surface area contributed by atoms with Crippen LogP contribution in [0.2, 0.25) is 5.28 Å². The van der Waals surface area contributed by atoms with Crippen molar-refractivity contribution in [1.82, 2.24) is 9.97 Å². The van der Waals surface area contributed by atoms with Crippen LogP contribution >= 0.6 is 11.6 Å². The number of rotatable bonds is 6. The Bertz CT molecular complexity index is 639. The van der Waals surface area contributed by atoms with Crippen LogP contribution in [-0.4, -0.2) is 38.4 Å². The zero-order valence-electron chi connectivity index (χ0n) is 12.8. The average Bonchev–Trinajstić information content (AvgIpc) is 2.55. The van der Waals surface area contributed by atoms with E-state index in [1.807, 2.05) is 12.1 Å². The highest BCUT2D eigenvalue weighted by Crippen LogP contribution is 2.39. The molecule has 0 aliphatic rings. The molecule has 0 amide bonds. The molecule has 1 aromatic carbocycles.